The van der Waals surface area contributed by atoms with Gasteiger partial charge in [-0.05, 0) is 52.4 Å². The topological polar surface area (TPSA) is 104 Å². The van der Waals surface area contributed by atoms with E-state index in [9.17, 15) is 0 Å². The van der Waals surface area contributed by atoms with E-state index < -0.39 is 0 Å². The van der Waals surface area contributed by atoms with Gasteiger partial charge in [0.1, 0.15) is 0 Å². The molecular formula is C23H27N7O2. The summed E-state index contributed by atoms with van der Waals surface area (Å²) in [5.41, 5.74) is 4.49. The molecule has 0 aliphatic carbocycles. The van der Waals surface area contributed by atoms with Crippen LogP contribution in [0.3, 0.4) is 0 Å². The number of nitrogens with one attached hydrogen (secondary N) is 1. The molecule has 0 bridgehead atoms. The first-order valence-corrected chi connectivity index (χ1v) is 10.9. The summed E-state index contributed by atoms with van der Waals surface area (Å²) in [6.07, 6.45) is 2.62. The monoisotopic (exact) mass is 433 g/mol. The van der Waals surface area contributed by atoms with Gasteiger partial charge >= 0.3 is 12.0 Å². The van der Waals surface area contributed by atoms with E-state index in [1.807, 2.05) is 12.1 Å². The minimum atomic E-state index is 0.358. The molecule has 166 valence electrons. The number of benzene rings is 2. The van der Waals surface area contributed by atoms with Crippen molar-refractivity contribution in [2.24, 2.45) is 0 Å². The van der Waals surface area contributed by atoms with Crippen molar-refractivity contribution in [1.29, 1.82) is 0 Å². The molecule has 0 radical (unpaired) electrons. The molecule has 1 N–H and O–H groups in total. The first kappa shape index (κ1) is 21.5. The molecule has 0 saturated carbocycles. The van der Waals surface area contributed by atoms with Crippen molar-refractivity contribution in [3.63, 3.8) is 0 Å². The van der Waals surface area contributed by atoms with Crippen LogP contribution in [0.25, 0.3) is 11.4 Å². The highest BCUT2D eigenvalue weighted by molar-refractivity contribution is 5.55. The van der Waals surface area contributed by atoms with E-state index in [0.29, 0.717) is 37.6 Å². The quantitative estimate of drug-likeness (QED) is 0.385. The second-order valence-corrected chi connectivity index (χ2v) is 7.48. The average Bonchev–Trinajstić information content (AvgIpc) is 3.48. The van der Waals surface area contributed by atoms with Gasteiger partial charge in [0, 0.05) is 5.56 Å². The lowest BCUT2D eigenvalue weighted by Gasteiger charge is -2.08. The van der Waals surface area contributed by atoms with Crippen LogP contribution in [0, 0.1) is 0 Å². The number of nitrogens with zero attached hydrogens (tertiary/aromatic N) is 6. The highest BCUT2D eigenvalue weighted by atomic mass is 16.5. The zero-order chi connectivity index (χ0) is 22.2. The Balaban J connectivity index is 1.44. The van der Waals surface area contributed by atoms with Gasteiger partial charge in [-0.15, -0.1) is 15.2 Å². The van der Waals surface area contributed by atoms with E-state index in [0.717, 1.165) is 30.4 Å². The van der Waals surface area contributed by atoms with Crippen LogP contribution in [0.15, 0.2) is 48.5 Å². The van der Waals surface area contributed by atoms with Gasteiger partial charge in [-0.2, -0.15) is 0 Å². The lowest BCUT2D eigenvalue weighted by molar-refractivity contribution is 0.273. The van der Waals surface area contributed by atoms with Gasteiger partial charge in [0.15, 0.2) is 5.82 Å². The molecule has 32 heavy (non-hydrogen) atoms. The third kappa shape index (κ3) is 5.48. The third-order valence-electron chi connectivity index (χ3n) is 4.80. The molecule has 0 fully saturated rings. The second kappa shape index (κ2) is 10.5. The molecule has 9 nitrogen and oxygen atoms in total. The summed E-state index contributed by atoms with van der Waals surface area (Å²) in [6, 6.07) is 17.5. The molecule has 0 spiro atoms. The van der Waals surface area contributed by atoms with Gasteiger partial charge in [0.25, 0.3) is 0 Å². The number of aromatic amines is 1. The van der Waals surface area contributed by atoms with Crippen LogP contribution in [-0.2, 0) is 13.0 Å². The number of tetrazole rings is 1. The number of H-pyrrole nitrogens is 1. The fourth-order valence-corrected chi connectivity index (χ4v) is 3.25. The maximum Gasteiger partial charge on any atom is 0.338 e. The van der Waals surface area contributed by atoms with Crippen LogP contribution in [0.1, 0.15) is 43.4 Å². The molecule has 0 aliphatic rings. The summed E-state index contributed by atoms with van der Waals surface area (Å²) in [4.78, 5) is 4.37. The Bertz CT molecular complexity index is 1110. The Labute approximate surface area is 186 Å². The molecule has 4 aromatic rings. The predicted molar refractivity (Wildman–Crippen MR) is 120 cm³/mol. The fraction of sp³-hybridized carbons (Fsp3) is 0.348. The third-order valence-corrected chi connectivity index (χ3v) is 4.80. The molecule has 2 heterocycles. The molecule has 2 aromatic carbocycles. The molecule has 0 aliphatic heterocycles. The summed E-state index contributed by atoms with van der Waals surface area (Å²) in [5, 5.41) is 18.5. The largest absolute Gasteiger partial charge is 0.464 e. The van der Waals surface area contributed by atoms with Crippen molar-refractivity contribution >= 4 is 0 Å². The Kier molecular flexibility index (Phi) is 7.06. The highest BCUT2D eigenvalue weighted by Crippen LogP contribution is 2.19. The van der Waals surface area contributed by atoms with Crippen LogP contribution < -0.4 is 9.47 Å². The van der Waals surface area contributed by atoms with Crippen LogP contribution in [0.5, 0.6) is 12.0 Å². The number of ether oxygens (including phenoxy) is 2. The first-order valence-electron chi connectivity index (χ1n) is 10.9. The summed E-state index contributed by atoms with van der Waals surface area (Å²) in [6.45, 7) is 5.85. The van der Waals surface area contributed by atoms with Gasteiger partial charge in [-0.25, -0.2) is 9.78 Å². The molecule has 0 amide bonds. The maximum absolute atomic E-state index is 5.76. The second-order valence-electron chi connectivity index (χ2n) is 7.48. The highest BCUT2D eigenvalue weighted by Gasteiger charge is 2.13. The Morgan fingerprint density at radius 2 is 1.69 bits per heavy atom. The van der Waals surface area contributed by atoms with Gasteiger partial charge in [0.2, 0.25) is 0 Å². The summed E-state index contributed by atoms with van der Waals surface area (Å²) < 4.78 is 13.1. The predicted octanol–water partition coefficient (Wildman–Crippen LogP) is 3.67. The molecule has 9 heteroatoms. The Morgan fingerprint density at radius 3 is 2.44 bits per heavy atom. The minimum absolute atomic E-state index is 0.358. The SMILES string of the molecule is CCCOc1nc(OCCC)n(Cc2ccc(Cc3cccc(-c4nnn[nH]4)c3)cc2)n1. The smallest absolute Gasteiger partial charge is 0.338 e. The van der Waals surface area contributed by atoms with Crippen LogP contribution >= 0.6 is 0 Å². The lowest BCUT2D eigenvalue weighted by atomic mass is 10.0. The Hall–Kier alpha value is -3.75. The maximum atomic E-state index is 5.76. The molecular weight excluding hydrogens is 406 g/mol. The number of hydrogen-bond donors (Lipinski definition) is 1. The molecule has 2 aromatic heterocycles. The summed E-state index contributed by atoms with van der Waals surface area (Å²) >= 11 is 0. The van der Waals surface area contributed by atoms with Crippen molar-refractivity contribution in [2.45, 2.75) is 39.7 Å². The van der Waals surface area contributed by atoms with Gasteiger partial charge in [-0.3, -0.25) is 0 Å². The van der Waals surface area contributed by atoms with Crippen molar-refractivity contribution in [2.75, 3.05) is 13.2 Å². The van der Waals surface area contributed by atoms with Crippen molar-refractivity contribution < 1.29 is 9.47 Å². The van der Waals surface area contributed by atoms with E-state index in [1.54, 1.807) is 4.68 Å². The van der Waals surface area contributed by atoms with Crippen molar-refractivity contribution in [1.82, 2.24) is 35.4 Å². The summed E-state index contributed by atoms with van der Waals surface area (Å²) in [5.74, 6) is 0.665. The van der Waals surface area contributed by atoms with E-state index in [4.69, 9.17) is 9.47 Å². The van der Waals surface area contributed by atoms with Gasteiger partial charge < -0.3 is 9.47 Å². The number of hydrogen-bond acceptors (Lipinski definition) is 7. The minimum Gasteiger partial charge on any atom is -0.464 e. The average molecular weight is 434 g/mol. The zero-order valence-corrected chi connectivity index (χ0v) is 18.4. The molecule has 0 unspecified atom stereocenters. The first-order chi connectivity index (χ1) is 15.7. The standard InChI is InChI=1S/C23H27N7O2/c1-3-12-31-22-24-23(32-13-4-2)30(27-22)16-18-10-8-17(9-11-18)14-19-6-5-7-20(15-19)21-25-28-29-26-21/h5-11,15H,3-4,12-14,16H2,1-2H3,(H,25,26,28,29). The fourth-order valence-electron chi connectivity index (χ4n) is 3.25. The van der Waals surface area contributed by atoms with Crippen molar-refractivity contribution in [3.05, 3.63) is 65.2 Å². The van der Waals surface area contributed by atoms with Crippen LogP contribution in [-0.4, -0.2) is 48.6 Å². The van der Waals surface area contributed by atoms with Crippen molar-refractivity contribution in [3.8, 4) is 23.4 Å². The normalized spacial score (nSPS) is 10.9. The van der Waals surface area contributed by atoms with Gasteiger partial charge in [-0.1, -0.05) is 56.3 Å². The van der Waals surface area contributed by atoms with E-state index in [1.165, 1.54) is 11.1 Å². The van der Waals surface area contributed by atoms with E-state index in [-0.39, 0.29) is 0 Å². The van der Waals surface area contributed by atoms with Gasteiger partial charge in [0.05, 0.1) is 19.8 Å². The zero-order valence-electron chi connectivity index (χ0n) is 18.4. The van der Waals surface area contributed by atoms with E-state index >= 15 is 0 Å². The van der Waals surface area contributed by atoms with E-state index in [2.05, 4.69) is 81.0 Å². The molecule has 0 saturated heterocycles. The van der Waals surface area contributed by atoms with Crippen LogP contribution in [0.2, 0.25) is 0 Å². The summed E-state index contributed by atoms with van der Waals surface area (Å²) in [7, 11) is 0. The van der Waals surface area contributed by atoms with Crippen LogP contribution in [0.4, 0.5) is 0 Å². The molecule has 0 atom stereocenters. The number of rotatable bonds is 11. The Morgan fingerprint density at radius 1 is 0.906 bits per heavy atom. The number of aromatic nitrogens is 7. The molecule has 4 rings (SSSR count). The lowest BCUT2D eigenvalue weighted by Crippen LogP contribution is -2.07.